The first-order valence-electron chi connectivity index (χ1n) is 4.92. The average molecular weight is 204 g/mol. The first kappa shape index (κ1) is 11.5. The highest BCUT2D eigenvalue weighted by Gasteiger charge is 2.01. The zero-order valence-electron chi connectivity index (χ0n) is 9.08. The van der Waals surface area contributed by atoms with Crippen molar-refractivity contribution < 1.29 is 4.79 Å². The van der Waals surface area contributed by atoms with Crippen LogP contribution >= 0.6 is 0 Å². The molecule has 0 aromatic heterocycles. The molecule has 1 aromatic carbocycles. The number of carbonyl (C=O) groups is 1. The summed E-state index contributed by atoms with van der Waals surface area (Å²) in [5.74, 6) is -0.113. The zero-order valence-corrected chi connectivity index (χ0v) is 9.08. The highest BCUT2D eigenvalue weighted by atomic mass is 16.2. The summed E-state index contributed by atoms with van der Waals surface area (Å²) < 4.78 is 0. The van der Waals surface area contributed by atoms with Crippen LogP contribution in [0.2, 0.25) is 0 Å². The van der Waals surface area contributed by atoms with E-state index in [2.05, 4.69) is 10.9 Å². The van der Waals surface area contributed by atoms with Crippen LogP contribution in [0.15, 0.2) is 42.0 Å². The van der Waals surface area contributed by atoms with E-state index in [4.69, 9.17) is 0 Å². The van der Waals surface area contributed by atoms with Gasteiger partial charge < -0.3 is 0 Å². The minimum atomic E-state index is -0.113. The van der Waals surface area contributed by atoms with Crippen molar-refractivity contribution in [1.29, 1.82) is 0 Å². The highest BCUT2D eigenvalue weighted by molar-refractivity contribution is 5.93. The summed E-state index contributed by atoms with van der Waals surface area (Å²) in [7, 11) is 0. The molecule has 1 aromatic rings. The van der Waals surface area contributed by atoms with Crippen LogP contribution in [-0.2, 0) is 0 Å². The predicted molar refractivity (Wildman–Crippen MR) is 61.3 cm³/mol. The van der Waals surface area contributed by atoms with Gasteiger partial charge in [-0.2, -0.15) is 0 Å². The highest BCUT2D eigenvalue weighted by Crippen LogP contribution is 1.96. The fourth-order valence-electron chi connectivity index (χ4n) is 1.05. The lowest BCUT2D eigenvalue weighted by Gasteiger charge is -2.04. The van der Waals surface area contributed by atoms with Crippen LogP contribution in [-0.4, -0.2) is 12.5 Å². The Kier molecular flexibility index (Phi) is 4.57. The first-order chi connectivity index (χ1) is 7.20. The lowest BCUT2D eigenvalue weighted by atomic mass is 10.2. The normalized spacial score (nSPS) is 9.47. The Labute approximate surface area is 90.2 Å². The smallest absolute Gasteiger partial charge is 0.265 e. The Hall–Kier alpha value is -1.61. The molecule has 0 saturated heterocycles. The van der Waals surface area contributed by atoms with E-state index in [-0.39, 0.29) is 5.91 Å². The quantitative estimate of drug-likeness (QED) is 0.446. The van der Waals surface area contributed by atoms with Gasteiger partial charge in [0.2, 0.25) is 0 Å². The molecule has 0 unspecified atom stereocenters. The molecule has 0 fully saturated rings. The van der Waals surface area contributed by atoms with Gasteiger partial charge in [-0.3, -0.25) is 10.2 Å². The number of nitrogens with one attached hydrogen (secondary N) is 2. The topological polar surface area (TPSA) is 41.1 Å². The monoisotopic (exact) mass is 204 g/mol. The Bertz CT molecular complexity index is 340. The fraction of sp³-hybridized carbons (Fsp3) is 0.250. The van der Waals surface area contributed by atoms with E-state index >= 15 is 0 Å². The van der Waals surface area contributed by atoms with Gasteiger partial charge in [0, 0.05) is 12.1 Å². The summed E-state index contributed by atoms with van der Waals surface area (Å²) in [6.07, 6.45) is 2.01. The van der Waals surface area contributed by atoms with Gasteiger partial charge in [-0.15, -0.1) is 0 Å². The number of benzene rings is 1. The maximum Gasteiger partial charge on any atom is 0.265 e. The molecule has 3 nitrogen and oxygen atoms in total. The molecule has 3 heteroatoms. The van der Waals surface area contributed by atoms with Crippen LogP contribution < -0.4 is 10.9 Å². The van der Waals surface area contributed by atoms with Crippen molar-refractivity contribution in [3.05, 3.63) is 47.5 Å². The molecule has 2 N–H and O–H groups in total. The van der Waals surface area contributed by atoms with E-state index in [1.807, 2.05) is 38.1 Å². The minimum Gasteiger partial charge on any atom is -0.287 e. The summed E-state index contributed by atoms with van der Waals surface area (Å²) >= 11 is 0. The molecule has 0 aliphatic heterocycles. The number of hydrazine groups is 1. The molecule has 15 heavy (non-hydrogen) atoms. The summed E-state index contributed by atoms with van der Waals surface area (Å²) in [5, 5.41) is 0. The number of hydrogen-bond acceptors (Lipinski definition) is 2. The Morgan fingerprint density at radius 1 is 1.27 bits per heavy atom. The third-order valence-corrected chi connectivity index (χ3v) is 1.85. The second-order valence-corrected chi connectivity index (χ2v) is 3.48. The van der Waals surface area contributed by atoms with E-state index in [1.165, 1.54) is 5.57 Å². The molecule has 0 spiro atoms. The van der Waals surface area contributed by atoms with Crippen molar-refractivity contribution in [3.8, 4) is 0 Å². The van der Waals surface area contributed by atoms with E-state index in [0.29, 0.717) is 12.1 Å². The van der Waals surface area contributed by atoms with Gasteiger partial charge in [0.1, 0.15) is 0 Å². The molecule has 0 bridgehead atoms. The average Bonchev–Trinajstić information content (AvgIpc) is 2.25. The third kappa shape index (κ3) is 4.42. The molecule has 0 aliphatic rings. The van der Waals surface area contributed by atoms with Gasteiger partial charge in [-0.05, 0) is 26.0 Å². The van der Waals surface area contributed by atoms with Gasteiger partial charge in [0.05, 0.1) is 0 Å². The summed E-state index contributed by atoms with van der Waals surface area (Å²) in [5.41, 5.74) is 7.33. The van der Waals surface area contributed by atoms with E-state index in [9.17, 15) is 4.79 Å². The second kappa shape index (κ2) is 5.98. The Morgan fingerprint density at radius 2 is 1.93 bits per heavy atom. The number of carbonyl (C=O) groups excluding carboxylic acids is 1. The van der Waals surface area contributed by atoms with Crippen molar-refractivity contribution in [2.24, 2.45) is 0 Å². The van der Waals surface area contributed by atoms with Gasteiger partial charge in [-0.1, -0.05) is 29.8 Å². The van der Waals surface area contributed by atoms with Crippen molar-refractivity contribution in [2.45, 2.75) is 13.8 Å². The SMILES string of the molecule is CC(C)=CCNNC(=O)c1ccccc1. The Morgan fingerprint density at radius 3 is 2.53 bits per heavy atom. The number of hydrogen-bond donors (Lipinski definition) is 2. The largest absolute Gasteiger partial charge is 0.287 e. The van der Waals surface area contributed by atoms with Crippen LogP contribution in [0.1, 0.15) is 24.2 Å². The molecule has 0 atom stereocenters. The van der Waals surface area contributed by atoms with Crippen molar-refractivity contribution in [3.63, 3.8) is 0 Å². The van der Waals surface area contributed by atoms with Crippen molar-refractivity contribution >= 4 is 5.91 Å². The van der Waals surface area contributed by atoms with Crippen molar-refractivity contribution in [1.82, 2.24) is 10.9 Å². The van der Waals surface area contributed by atoms with Gasteiger partial charge in [0.15, 0.2) is 0 Å². The molecule has 1 rings (SSSR count). The molecule has 80 valence electrons. The fourth-order valence-corrected chi connectivity index (χ4v) is 1.05. The number of allylic oxidation sites excluding steroid dienone is 1. The first-order valence-corrected chi connectivity index (χ1v) is 4.92. The van der Waals surface area contributed by atoms with Crippen LogP contribution in [0.5, 0.6) is 0 Å². The molecule has 0 radical (unpaired) electrons. The Balaban J connectivity index is 2.35. The van der Waals surface area contributed by atoms with E-state index in [0.717, 1.165) is 0 Å². The molecule has 0 saturated carbocycles. The standard InChI is InChI=1S/C12H16N2O/c1-10(2)8-9-13-14-12(15)11-6-4-3-5-7-11/h3-8,13H,9H2,1-2H3,(H,14,15). The number of rotatable bonds is 4. The number of amides is 1. The minimum absolute atomic E-state index is 0.113. The van der Waals surface area contributed by atoms with Gasteiger partial charge in [0.25, 0.3) is 5.91 Å². The van der Waals surface area contributed by atoms with Crippen LogP contribution in [0.3, 0.4) is 0 Å². The van der Waals surface area contributed by atoms with Crippen LogP contribution in [0, 0.1) is 0 Å². The molecule has 0 heterocycles. The van der Waals surface area contributed by atoms with Crippen LogP contribution in [0.25, 0.3) is 0 Å². The summed E-state index contributed by atoms with van der Waals surface area (Å²) in [4.78, 5) is 11.5. The molecule has 0 aliphatic carbocycles. The zero-order chi connectivity index (χ0) is 11.1. The van der Waals surface area contributed by atoms with E-state index < -0.39 is 0 Å². The maximum atomic E-state index is 11.5. The lowest BCUT2D eigenvalue weighted by molar-refractivity contribution is 0.0935. The third-order valence-electron chi connectivity index (χ3n) is 1.85. The van der Waals surface area contributed by atoms with Gasteiger partial charge in [-0.25, -0.2) is 5.43 Å². The maximum absolute atomic E-state index is 11.5. The second-order valence-electron chi connectivity index (χ2n) is 3.48. The molecule has 1 amide bonds. The van der Waals surface area contributed by atoms with Gasteiger partial charge >= 0.3 is 0 Å². The lowest BCUT2D eigenvalue weighted by Crippen LogP contribution is -2.37. The summed E-state index contributed by atoms with van der Waals surface area (Å²) in [6.45, 7) is 4.67. The predicted octanol–water partition coefficient (Wildman–Crippen LogP) is 1.89. The van der Waals surface area contributed by atoms with Crippen LogP contribution in [0.4, 0.5) is 0 Å². The molecular weight excluding hydrogens is 188 g/mol. The summed E-state index contributed by atoms with van der Waals surface area (Å²) in [6, 6.07) is 9.11. The van der Waals surface area contributed by atoms with E-state index in [1.54, 1.807) is 12.1 Å². The molecular formula is C12H16N2O. The van der Waals surface area contributed by atoms with Crippen molar-refractivity contribution in [2.75, 3.05) is 6.54 Å².